The molecule has 0 unspecified atom stereocenters. The molecule has 10 nitrogen and oxygen atoms in total. The van der Waals surface area contributed by atoms with Crippen molar-refractivity contribution in [3.05, 3.63) is 48.5 Å². The van der Waals surface area contributed by atoms with E-state index in [0.717, 1.165) is 11.4 Å². The third kappa shape index (κ3) is 11.5. The van der Waals surface area contributed by atoms with E-state index in [2.05, 4.69) is 24.3 Å². The van der Waals surface area contributed by atoms with Crippen LogP contribution in [-0.4, -0.2) is 99.4 Å². The molecule has 0 aliphatic heterocycles. The van der Waals surface area contributed by atoms with Gasteiger partial charge in [-0.05, 0) is 0 Å². The number of rotatable bonds is 16. The number of carbonyl (C=O) groups is 4. The Balaban J connectivity index is 2.07. The molecule has 0 fully saturated rings. The van der Waals surface area contributed by atoms with Crippen molar-refractivity contribution in [1.82, 2.24) is 0 Å². The Kier molecular flexibility index (Phi) is 14.2. The normalized spacial score (nSPS) is 10.4. The van der Waals surface area contributed by atoms with E-state index in [1.165, 1.54) is 35.7 Å². The third-order valence-electron chi connectivity index (χ3n) is 5.89. The van der Waals surface area contributed by atoms with Gasteiger partial charge in [0.25, 0.3) is 0 Å². The van der Waals surface area contributed by atoms with Gasteiger partial charge >= 0.3 is 240 Å². The van der Waals surface area contributed by atoms with Gasteiger partial charge in [-0.3, -0.25) is 0 Å². The summed E-state index contributed by atoms with van der Waals surface area (Å²) in [5, 5.41) is 0. The van der Waals surface area contributed by atoms with Crippen LogP contribution in [0.15, 0.2) is 48.5 Å². The van der Waals surface area contributed by atoms with Crippen LogP contribution in [0.25, 0.3) is 0 Å². The Hall–Kier alpha value is -3.29. The Morgan fingerprint density at radius 2 is 0.769 bits per heavy atom. The second-order valence-corrected chi connectivity index (χ2v) is 11.6. The minimum atomic E-state index is -0.667. The van der Waals surface area contributed by atoms with Crippen LogP contribution in [0.1, 0.15) is 25.7 Å². The predicted octanol–water partition coefficient (Wildman–Crippen LogP) is 1.21. The molecule has 0 atom stereocenters. The number of hydrogen-bond acceptors (Lipinski definition) is 10. The van der Waals surface area contributed by atoms with Crippen molar-refractivity contribution in [2.24, 2.45) is 0 Å². The van der Waals surface area contributed by atoms with Crippen LogP contribution in [0.3, 0.4) is 0 Å². The molecule has 0 bridgehead atoms. The average Bonchev–Trinajstić information content (AvgIpc) is 2.97. The van der Waals surface area contributed by atoms with Gasteiger partial charge in [-0.2, -0.15) is 0 Å². The van der Waals surface area contributed by atoms with E-state index in [9.17, 15) is 19.2 Å². The first-order chi connectivity index (χ1) is 18.8. The zero-order chi connectivity index (χ0) is 28.6. The summed E-state index contributed by atoms with van der Waals surface area (Å²) in [5.74, 6) is -1.23. The SMILES string of the molecule is COC(=O)CCN(CCC(=O)OC)c1ccc([Te]c2ccc(N(CCC(=O)OC)CCC(=O)OC)cc2)cc1. The molecule has 0 saturated heterocycles. The summed E-state index contributed by atoms with van der Waals surface area (Å²) in [5.41, 5.74) is 1.84. The van der Waals surface area contributed by atoms with Gasteiger partial charge in [0.1, 0.15) is 0 Å². The molecule has 0 spiro atoms. The second kappa shape index (κ2) is 17.3. The third-order valence-corrected chi connectivity index (χ3v) is 8.79. The number of hydrogen-bond donors (Lipinski definition) is 0. The average molecular weight is 656 g/mol. The Bertz CT molecular complexity index is 950. The van der Waals surface area contributed by atoms with Gasteiger partial charge in [-0.15, -0.1) is 0 Å². The molecule has 0 saturated carbocycles. The van der Waals surface area contributed by atoms with Gasteiger partial charge in [0.15, 0.2) is 0 Å². The van der Waals surface area contributed by atoms with E-state index >= 15 is 0 Å². The maximum absolute atomic E-state index is 11.6. The molecule has 0 aliphatic rings. The molecular formula is C28H36N2O8Te. The van der Waals surface area contributed by atoms with E-state index < -0.39 is 20.9 Å². The number of anilines is 2. The molecule has 11 heteroatoms. The zero-order valence-corrected chi connectivity index (χ0v) is 25.2. The van der Waals surface area contributed by atoms with Crippen LogP contribution < -0.4 is 17.0 Å². The van der Waals surface area contributed by atoms with Gasteiger partial charge in [0.2, 0.25) is 0 Å². The van der Waals surface area contributed by atoms with Crippen LogP contribution in [0.2, 0.25) is 0 Å². The van der Waals surface area contributed by atoms with Crippen molar-refractivity contribution in [3.8, 4) is 0 Å². The van der Waals surface area contributed by atoms with Crippen molar-refractivity contribution < 1.29 is 38.1 Å². The summed E-state index contributed by atoms with van der Waals surface area (Å²) < 4.78 is 21.5. The molecule has 2 aromatic carbocycles. The number of carbonyl (C=O) groups excluding carboxylic acids is 4. The molecule has 0 aromatic heterocycles. The van der Waals surface area contributed by atoms with Gasteiger partial charge in [0.05, 0.1) is 0 Å². The van der Waals surface area contributed by atoms with Gasteiger partial charge < -0.3 is 0 Å². The number of methoxy groups -OCH3 is 4. The second-order valence-electron chi connectivity index (χ2n) is 8.37. The van der Waals surface area contributed by atoms with E-state index in [1.54, 1.807) is 0 Å². The van der Waals surface area contributed by atoms with Gasteiger partial charge in [-0.25, -0.2) is 0 Å². The fourth-order valence-corrected chi connectivity index (χ4v) is 5.97. The summed E-state index contributed by atoms with van der Waals surface area (Å²) in [6.07, 6.45) is 0.874. The van der Waals surface area contributed by atoms with Crippen molar-refractivity contribution in [2.45, 2.75) is 25.7 Å². The number of ether oxygens (including phenoxy) is 4. The van der Waals surface area contributed by atoms with Crippen molar-refractivity contribution in [3.63, 3.8) is 0 Å². The van der Waals surface area contributed by atoms with Crippen molar-refractivity contribution >= 4 is 63.4 Å². The fourth-order valence-electron chi connectivity index (χ4n) is 3.64. The molecule has 39 heavy (non-hydrogen) atoms. The first-order valence-corrected chi connectivity index (χ1v) is 14.8. The zero-order valence-electron chi connectivity index (χ0n) is 22.8. The van der Waals surface area contributed by atoms with E-state index in [1.807, 2.05) is 34.1 Å². The summed E-state index contributed by atoms with van der Waals surface area (Å²) in [6, 6.07) is 16.3. The predicted molar refractivity (Wildman–Crippen MR) is 149 cm³/mol. The number of esters is 4. The Morgan fingerprint density at radius 1 is 0.513 bits per heavy atom. The Morgan fingerprint density at radius 3 is 1.00 bits per heavy atom. The maximum atomic E-state index is 11.6. The van der Waals surface area contributed by atoms with Crippen LogP contribution in [-0.2, 0) is 38.1 Å². The van der Waals surface area contributed by atoms with Crippen LogP contribution in [0, 0.1) is 0 Å². The molecule has 2 aromatic rings. The molecule has 0 radical (unpaired) electrons. The summed E-state index contributed by atoms with van der Waals surface area (Å²) in [4.78, 5) is 50.5. The molecule has 0 heterocycles. The molecule has 0 amide bonds. The molecule has 0 aliphatic carbocycles. The van der Waals surface area contributed by atoms with E-state index in [0.29, 0.717) is 26.2 Å². The van der Waals surface area contributed by atoms with E-state index in [4.69, 9.17) is 18.9 Å². The standard InChI is InChI=1S/C28H36N2O8Te/c1-35-25(31)13-17-29(18-14-26(32)36-2)21-5-9-23(10-6-21)39-24-11-7-22(8-12-24)30(19-15-27(33)37-3)20-16-28(34)38-4/h5-12H,13-20H2,1-4H3. The van der Waals surface area contributed by atoms with Crippen LogP contribution >= 0.6 is 0 Å². The fraction of sp³-hybridized carbons (Fsp3) is 0.429. The molecule has 2 rings (SSSR count). The summed E-state index contributed by atoms with van der Waals surface area (Å²) >= 11 is -0.667. The summed E-state index contributed by atoms with van der Waals surface area (Å²) in [6.45, 7) is 1.74. The monoisotopic (exact) mass is 658 g/mol. The minimum absolute atomic E-state index is 0.218. The molecule has 212 valence electrons. The van der Waals surface area contributed by atoms with Crippen molar-refractivity contribution in [1.29, 1.82) is 0 Å². The van der Waals surface area contributed by atoms with Crippen LogP contribution in [0.5, 0.6) is 0 Å². The topological polar surface area (TPSA) is 112 Å². The quantitative estimate of drug-likeness (QED) is 0.149. The Labute approximate surface area is 239 Å². The van der Waals surface area contributed by atoms with Crippen molar-refractivity contribution in [2.75, 3.05) is 64.4 Å². The van der Waals surface area contributed by atoms with Gasteiger partial charge in [0, 0.05) is 0 Å². The first kappa shape index (κ1) is 31.9. The number of nitrogens with zero attached hydrogens (tertiary/aromatic N) is 2. The van der Waals surface area contributed by atoms with Gasteiger partial charge in [-0.1, -0.05) is 0 Å². The number of benzene rings is 2. The molecular weight excluding hydrogens is 620 g/mol. The summed E-state index contributed by atoms with van der Waals surface area (Å²) in [7, 11) is 5.42. The first-order valence-electron chi connectivity index (χ1n) is 12.4. The van der Waals surface area contributed by atoms with E-state index in [-0.39, 0.29) is 49.6 Å². The molecule has 0 N–H and O–H groups in total. The van der Waals surface area contributed by atoms with Crippen LogP contribution in [0.4, 0.5) is 11.4 Å².